The van der Waals surface area contributed by atoms with Gasteiger partial charge in [0.25, 0.3) is 5.91 Å². The zero-order chi connectivity index (χ0) is 22.1. The topological polar surface area (TPSA) is 58.5 Å². The number of nitrogens with one attached hydrogen (secondary N) is 1. The highest BCUT2D eigenvalue weighted by atomic mass is 32.1. The molecule has 0 saturated heterocycles. The van der Waals surface area contributed by atoms with Gasteiger partial charge in [-0.2, -0.15) is 0 Å². The number of hydrogen-bond acceptors (Lipinski definition) is 4. The number of Topliss-reactive ketones (excluding diaryl/α,β-unsaturated/α-hetero) is 1. The van der Waals surface area contributed by atoms with E-state index in [2.05, 4.69) is 21.8 Å². The van der Waals surface area contributed by atoms with Gasteiger partial charge in [-0.15, -0.1) is 11.3 Å². The number of rotatable bonds is 4. The summed E-state index contributed by atoms with van der Waals surface area (Å²) in [6, 6.07) is 16.7. The fraction of sp³-hybridized carbons (Fsp3) is 0.148. The molecule has 2 aromatic carbocycles. The van der Waals surface area contributed by atoms with Crippen LogP contribution in [0, 0.1) is 12.8 Å². The van der Waals surface area contributed by atoms with Crippen molar-refractivity contribution in [3.05, 3.63) is 105 Å². The number of nitrogens with zero attached hydrogens (tertiary/aromatic N) is 1. The van der Waals surface area contributed by atoms with Gasteiger partial charge in [-0.3, -0.25) is 14.6 Å². The number of benzene rings is 2. The van der Waals surface area contributed by atoms with E-state index in [1.54, 1.807) is 41.7 Å². The summed E-state index contributed by atoms with van der Waals surface area (Å²) in [5, 5.41) is 5.02. The second-order valence-corrected chi connectivity index (χ2v) is 9.02. The molecule has 5 heteroatoms. The van der Waals surface area contributed by atoms with Crippen LogP contribution in [0.3, 0.4) is 0 Å². The number of aryl methyl sites for hydroxylation is 1. The lowest BCUT2D eigenvalue weighted by molar-refractivity contribution is 0.0946. The normalized spacial score (nSPS) is 16.8. The van der Waals surface area contributed by atoms with E-state index in [1.807, 2.05) is 43.5 Å². The summed E-state index contributed by atoms with van der Waals surface area (Å²) < 4.78 is 0. The third-order valence-corrected chi connectivity index (χ3v) is 6.89. The molecule has 0 spiro atoms. The van der Waals surface area contributed by atoms with Crippen molar-refractivity contribution in [3.8, 4) is 0 Å². The van der Waals surface area contributed by atoms with Gasteiger partial charge in [0.1, 0.15) is 0 Å². The van der Waals surface area contributed by atoms with Gasteiger partial charge in [0, 0.05) is 40.2 Å². The quantitative estimate of drug-likeness (QED) is 0.500. The molecule has 3 aromatic rings. The maximum Gasteiger partial charge on any atom is 0.255 e. The lowest BCUT2D eigenvalue weighted by Crippen LogP contribution is -2.16. The number of thiophene rings is 1. The fourth-order valence-electron chi connectivity index (χ4n) is 4.20. The first-order chi connectivity index (χ1) is 15.6. The maximum atomic E-state index is 13.2. The van der Waals surface area contributed by atoms with E-state index in [9.17, 15) is 9.59 Å². The number of ketones is 1. The van der Waals surface area contributed by atoms with Gasteiger partial charge >= 0.3 is 0 Å². The van der Waals surface area contributed by atoms with Crippen molar-refractivity contribution < 1.29 is 9.59 Å². The Morgan fingerprint density at radius 2 is 1.88 bits per heavy atom. The molecule has 1 N–H and O–H groups in total. The van der Waals surface area contributed by atoms with Gasteiger partial charge < -0.3 is 5.32 Å². The molecule has 2 heterocycles. The van der Waals surface area contributed by atoms with Crippen LogP contribution < -0.4 is 5.32 Å². The van der Waals surface area contributed by atoms with Crippen molar-refractivity contribution in [1.82, 2.24) is 0 Å². The smallest absolute Gasteiger partial charge is 0.255 e. The fourth-order valence-corrected chi connectivity index (χ4v) is 5.06. The van der Waals surface area contributed by atoms with Crippen molar-refractivity contribution in [3.63, 3.8) is 0 Å². The Balaban J connectivity index is 1.31. The molecule has 158 valence electrons. The highest BCUT2D eigenvalue weighted by molar-refractivity contribution is 7.10. The summed E-state index contributed by atoms with van der Waals surface area (Å²) in [6.07, 6.45) is 7.37. The van der Waals surface area contributed by atoms with E-state index in [1.165, 1.54) is 10.4 Å². The van der Waals surface area contributed by atoms with Crippen molar-refractivity contribution in [2.24, 2.45) is 10.9 Å². The zero-order valence-corrected chi connectivity index (χ0v) is 18.5. The van der Waals surface area contributed by atoms with E-state index in [0.717, 1.165) is 23.3 Å². The van der Waals surface area contributed by atoms with Gasteiger partial charge in [-0.05, 0) is 77.9 Å². The van der Waals surface area contributed by atoms with Gasteiger partial charge in [0.15, 0.2) is 5.78 Å². The second-order valence-electron chi connectivity index (χ2n) is 8.02. The van der Waals surface area contributed by atoms with E-state index in [0.29, 0.717) is 23.2 Å². The molecule has 1 aromatic heterocycles. The van der Waals surface area contributed by atoms with Crippen molar-refractivity contribution in [2.45, 2.75) is 19.8 Å². The van der Waals surface area contributed by atoms with Gasteiger partial charge in [0.2, 0.25) is 0 Å². The van der Waals surface area contributed by atoms with Crippen LogP contribution in [0.1, 0.15) is 43.1 Å². The van der Waals surface area contributed by atoms with Crippen LogP contribution in [0.15, 0.2) is 82.8 Å². The molecule has 32 heavy (non-hydrogen) atoms. The van der Waals surface area contributed by atoms with Crippen molar-refractivity contribution >= 4 is 40.5 Å². The first kappa shape index (κ1) is 20.3. The molecular formula is C27H22N2O2S. The van der Waals surface area contributed by atoms with Crippen LogP contribution in [0.4, 0.5) is 5.69 Å². The van der Waals surface area contributed by atoms with E-state index in [-0.39, 0.29) is 17.6 Å². The highest BCUT2D eigenvalue weighted by Crippen LogP contribution is 2.38. The summed E-state index contributed by atoms with van der Waals surface area (Å²) in [5.74, 6) is -0.297. The minimum absolute atomic E-state index is 0.0783. The summed E-state index contributed by atoms with van der Waals surface area (Å²) in [5.41, 5.74) is 6.20. The summed E-state index contributed by atoms with van der Waals surface area (Å²) in [4.78, 5) is 31.6. The molecule has 0 saturated carbocycles. The van der Waals surface area contributed by atoms with Crippen molar-refractivity contribution in [2.75, 3.05) is 5.32 Å². The van der Waals surface area contributed by atoms with Crippen LogP contribution in [0.5, 0.6) is 0 Å². The van der Waals surface area contributed by atoms with Gasteiger partial charge in [0.05, 0.1) is 5.70 Å². The number of fused-ring (bicyclic) bond motifs is 2. The molecule has 4 nitrogen and oxygen atoms in total. The SMILES string of the molecule is Cc1ccccc1C(=O)Nc1ccc(C(=O)C2C=CC3=C(C2)c2ccsc2CC=N3)cc1. The van der Waals surface area contributed by atoms with Gasteiger partial charge in [-0.25, -0.2) is 0 Å². The Kier molecular flexibility index (Phi) is 5.41. The van der Waals surface area contributed by atoms with Crippen molar-refractivity contribution in [1.29, 1.82) is 0 Å². The van der Waals surface area contributed by atoms with Crippen LogP contribution in [0.25, 0.3) is 5.57 Å². The van der Waals surface area contributed by atoms with Crippen LogP contribution in [-0.2, 0) is 6.42 Å². The molecule has 5 rings (SSSR count). The number of carbonyl (C=O) groups excluding carboxylic acids is 2. The summed E-state index contributed by atoms with van der Waals surface area (Å²) in [7, 11) is 0. The number of aliphatic imine (C=N–C) groups is 1. The summed E-state index contributed by atoms with van der Waals surface area (Å²) >= 11 is 1.74. The Labute approximate surface area is 191 Å². The Bertz CT molecular complexity index is 1300. The van der Waals surface area contributed by atoms with E-state index in [4.69, 9.17) is 0 Å². The van der Waals surface area contributed by atoms with Crippen LogP contribution in [0.2, 0.25) is 0 Å². The average Bonchev–Trinajstić information content (AvgIpc) is 3.21. The van der Waals surface area contributed by atoms with Crippen LogP contribution >= 0.6 is 11.3 Å². The lowest BCUT2D eigenvalue weighted by Gasteiger charge is -2.20. The predicted octanol–water partition coefficient (Wildman–Crippen LogP) is 6.11. The second kappa shape index (κ2) is 8.52. The van der Waals surface area contributed by atoms with Gasteiger partial charge in [-0.1, -0.05) is 24.3 Å². The molecule has 1 amide bonds. The average molecular weight is 439 g/mol. The number of amides is 1. The first-order valence-electron chi connectivity index (χ1n) is 10.6. The molecule has 0 bridgehead atoms. The largest absolute Gasteiger partial charge is 0.322 e. The molecule has 1 aliphatic carbocycles. The molecule has 1 atom stereocenters. The monoisotopic (exact) mass is 438 g/mol. The maximum absolute atomic E-state index is 13.2. The Hall–Kier alpha value is -3.57. The number of allylic oxidation sites excluding steroid dienone is 3. The molecular weight excluding hydrogens is 416 g/mol. The predicted molar refractivity (Wildman–Crippen MR) is 131 cm³/mol. The molecule has 0 fully saturated rings. The Morgan fingerprint density at radius 1 is 1.06 bits per heavy atom. The first-order valence-corrected chi connectivity index (χ1v) is 11.5. The van der Waals surface area contributed by atoms with E-state index < -0.39 is 0 Å². The molecule has 2 aliphatic rings. The number of carbonyl (C=O) groups is 2. The minimum atomic E-state index is -0.220. The number of hydrogen-bond donors (Lipinski definition) is 1. The summed E-state index contributed by atoms with van der Waals surface area (Å²) in [6.45, 7) is 1.91. The molecule has 1 aliphatic heterocycles. The standard InChI is InChI=1S/C27H22N2O2S/c1-17-4-2-3-5-21(17)27(31)29-20-9-6-18(7-10-20)26(30)19-8-11-24-23(16-19)22-13-15-32-25(22)12-14-28-24/h2-11,13-15,19H,12,16H2,1H3,(H,29,31). The molecule has 1 unspecified atom stereocenters. The Morgan fingerprint density at radius 3 is 2.69 bits per heavy atom. The minimum Gasteiger partial charge on any atom is -0.322 e. The third-order valence-electron chi connectivity index (χ3n) is 5.95. The third kappa shape index (κ3) is 3.87. The van der Waals surface area contributed by atoms with Crippen LogP contribution in [-0.4, -0.2) is 17.9 Å². The zero-order valence-electron chi connectivity index (χ0n) is 17.7. The lowest BCUT2D eigenvalue weighted by atomic mass is 9.84. The highest BCUT2D eigenvalue weighted by Gasteiger charge is 2.26. The molecule has 0 radical (unpaired) electrons. The number of anilines is 1. The van der Waals surface area contributed by atoms with E-state index >= 15 is 0 Å².